The van der Waals surface area contributed by atoms with E-state index < -0.39 is 42.9 Å². The summed E-state index contributed by atoms with van der Waals surface area (Å²) in [5.74, 6) is -0.472. The number of hydrogen-bond donors (Lipinski definition) is 5. The molecule has 262 valence electrons. The van der Waals surface area contributed by atoms with Crippen LogP contribution in [0.5, 0.6) is 23.0 Å². The van der Waals surface area contributed by atoms with Gasteiger partial charge in [0.15, 0.2) is 0 Å². The summed E-state index contributed by atoms with van der Waals surface area (Å²) in [4.78, 5) is 40.7. The topological polar surface area (TPSA) is 155 Å². The number of nitrogens with one attached hydrogen (secondary N) is 3. The van der Waals surface area contributed by atoms with Crippen molar-refractivity contribution < 1.29 is 38.6 Å². The molecule has 0 saturated carbocycles. The van der Waals surface area contributed by atoms with Gasteiger partial charge in [-0.2, -0.15) is 0 Å². The molecule has 0 heterocycles. The van der Waals surface area contributed by atoms with Crippen molar-refractivity contribution >= 4 is 24.8 Å². The fourth-order valence-electron chi connectivity index (χ4n) is 5.29. The van der Waals surface area contributed by atoms with Crippen molar-refractivity contribution in [2.75, 3.05) is 14.2 Å². The van der Waals surface area contributed by atoms with Gasteiger partial charge < -0.3 is 40.2 Å². The maximum atomic E-state index is 13.8. The van der Waals surface area contributed by atoms with Crippen LogP contribution >= 0.6 is 0 Å². The summed E-state index contributed by atoms with van der Waals surface area (Å²) in [7, 11) is 1.24. The van der Waals surface area contributed by atoms with E-state index in [0.717, 1.165) is 11.1 Å². The van der Waals surface area contributed by atoms with E-state index in [1.807, 2.05) is 30.3 Å². The van der Waals surface area contributed by atoms with Crippen LogP contribution in [0.1, 0.15) is 30.5 Å². The van der Waals surface area contributed by atoms with Crippen LogP contribution in [-0.2, 0) is 33.6 Å². The smallest absolute Gasteiger partial charge is 0.475 e. The highest BCUT2D eigenvalue weighted by Crippen LogP contribution is 2.22. The monoisotopic (exact) mass is 681 g/mol. The Balaban J connectivity index is 1.47. The number of rotatable bonds is 17. The molecule has 3 atom stereocenters. The summed E-state index contributed by atoms with van der Waals surface area (Å²) in [6.07, 6.45) is 0.244. The van der Waals surface area contributed by atoms with Gasteiger partial charge in [-0.3, -0.25) is 14.4 Å². The average Bonchev–Trinajstić information content (AvgIpc) is 3.10. The van der Waals surface area contributed by atoms with Crippen molar-refractivity contribution in [3.8, 4) is 23.0 Å². The van der Waals surface area contributed by atoms with Crippen LogP contribution in [0.15, 0.2) is 103 Å². The Hall–Kier alpha value is -5.33. The van der Waals surface area contributed by atoms with E-state index in [1.54, 1.807) is 101 Å². The van der Waals surface area contributed by atoms with E-state index in [2.05, 4.69) is 16.0 Å². The summed E-state index contributed by atoms with van der Waals surface area (Å²) >= 11 is 0. The molecular formula is C38H44BN3O8. The average molecular weight is 682 g/mol. The van der Waals surface area contributed by atoms with Crippen LogP contribution in [-0.4, -0.2) is 67.1 Å². The van der Waals surface area contributed by atoms with Gasteiger partial charge in [0, 0.05) is 6.42 Å². The fourth-order valence-corrected chi connectivity index (χ4v) is 5.29. The van der Waals surface area contributed by atoms with Gasteiger partial charge in [-0.25, -0.2) is 0 Å². The van der Waals surface area contributed by atoms with E-state index in [-0.39, 0.29) is 25.2 Å². The molecule has 4 aromatic rings. The highest BCUT2D eigenvalue weighted by molar-refractivity contribution is 6.43. The summed E-state index contributed by atoms with van der Waals surface area (Å²) in [5.41, 5.74) is 2.19. The maximum absolute atomic E-state index is 13.8. The molecule has 0 bridgehead atoms. The highest BCUT2D eigenvalue weighted by atomic mass is 16.5. The quantitative estimate of drug-likeness (QED) is 0.106. The van der Waals surface area contributed by atoms with E-state index in [1.165, 1.54) is 0 Å². The van der Waals surface area contributed by atoms with Gasteiger partial charge >= 0.3 is 7.12 Å². The minimum atomic E-state index is -1.86. The number of amides is 3. The number of methoxy groups -OCH3 is 2. The molecule has 50 heavy (non-hydrogen) atoms. The molecule has 0 spiro atoms. The number of ether oxygens (including phenoxy) is 3. The Morgan fingerprint density at radius 3 is 1.78 bits per heavy atom. The minimum absolute atomic E-state index is 0.0199. The van der Waals surface area contributed by atoms with Crippen LogP contribution < -0.4 is 30.2 Å². The molecule has 3 amide bonds. The van der Waals surface area contributed by atoms with Crippen LogP contribution in [0.4, 0.5) is 0 Å². The molecule has 0 fully saturated rings. The molecule has 0 radical (unpaired) electrons. The molecule has 0 aliphatic rings. The van der Waals surface area contributed by atoms with Gasteiger partial charge in [0.1, 0.15) is 35.1 Å². The van der Waals surface area contributed by atoms with Crippen molar-refractivity contribution in [1.29, 1.82) is 0 Å². The van der Waals surface area contributed by atoms with Gasteiger partial charge in [-0.15, -0.1) is 0 Å². The summed E-state index contributed by atoms with van der Waals surface area (Å²) in [6.45, 7) is 3.53. The Morgan fingerprint density at radius 2 is 1.22 bits per heavy atom. The number of benzene rings is 4. The molecule has 0 aromatic heterocycles. The fraction of sp³-hybridized carbons (Fsp3) is 0.289. The van der Waals surface area contributed by atoms with Crippen LogP contribution in [0.25, 0.3) is 0 Å². The van der Waals surface area contributed by atoms with Crippen molar-refractivity contribution in [3.05, 3.63) is 120 Å². The molecule has 0 aliphatic carbocycles. The Bertz CT molecular complexity index is 1680. The third-order valence-electron chi connectivity index (χ3n) is 8.04. The number of carbonyl (C=O) groups excluding carboxylic acids is 3. The summed E-state index contributed by atoms with van der Waals surface area (Å²) in [5, 5.41) is 28.5. The van der Waals surface area contributed by atoms with Gasteiger partial charge in [0.2, 0.25) is 17.7 Å². The third kappa shape index (κ3) is 11.4. The Kier molecular flexibility index (Phi) is 13.8. The maximum Gasteiger partial charge on any atom is 0.475 e. The lowest BCUT2D eigenvalue weighted by molar-refractivity contribution is -0.132. The van der Waals surface area contributed by atoms with Crippen molar-refractivity contribution in [3.63, 3.8) is 0 Å². The lowest BCUT2D eigenvalue weighted by atomic mass is 9.75. The zero-order valence-electron chi connectivity index (χ0n) is 28.7. The van der Waals surface area contributed by atoms with Crippen LogP contribution in [0.2, 0.25) is 0 Å². The first-order chi connectivity index (χ1) is 24.0. The van der Waals surface area contributed by atoms with Gasteiger partial charge in [0.05, 0.1) is 26.6 Å². The first-order valence-corrected chi connectivity index (χ1v) is 16.4. The normalized spacial score (nSPS) is 12.6. The Morgan fingerprint density at radius 1 is 0.640 bits per heavy atom. The molecule has 12 heteroatoms. The first-order valence-electron chi connectivity index (χ1n) is 16.4. The van der Waals surface area contributed by atoms with Gasteiger partial charge in [-0.05, 0) is 77.6 Å². The second-order valence-electron chi connectivity index (χ2n) is 12.2. The van der Waals surface area contributed by atoms with Gasteiger partial charge in [-0.1, -0.05) is 68.4 Å². The minimum Gasteiger partial charge on any atom is -0.497 e. The Labute approximate surface area is 293 Å². The van der Waals surface area contributed by atoms with E-state index >= 15 is 0 Å². The third-order valence-corrected chi connectivity index (χ3v) is 8.04. The lowest BCUT2D eigenvalue weighted by Crippen LogP contribution is -2.59. The first kappa shape index (κ1) is 37.5. The molecule has 0 unspecified atom stereocenters. The number of carbonyl (C=O) groups is 3. The van der Waals surface area contributed by atoms with E-state index in [0.29, 0.717) is 28.6 Å². The second kappa shape index (κ2) is 18.4. The zero-order valence-corrected chi connectivity index (χ0v) is 28.7. The zero-order chi connectivity index (χ0) is 36.0. The largest absolute Gasteiger partial charge is 0.497 e. The molecule has 0 saturated heterocycles. The molecular weight excluding hydrogens is 637 g/mol. The lowest BCUT2D eigenvalue weighted by Gasteiger charge is -2.27. The molecule has 5 N–H and O–H groups in total. The van der Waals surface area contributed by atoms with Crippen LogP contribution in [0.3, 0.4) is 0 Å². The highest BCUT2D eigenvalue weighted by Gasteiger charge is 2.33. The predicted octanol–water partition coefficient (Wildman–Crippen LogP) is 3.65. The SMILES string of the molecule is COc1ccc(C[C@H](NC(=O)Cc2cccc(Oc3ccccc3)c2)C(=O)N[C@H](C(=O)N[C@H](Cc2ccc(OC)cc2)B(O)O)C(C)C)cc1. The number of hydrogen-bond acceptors (Lipinski definition) is 8. The summed E-state index contributed by atoms with van der Waals surface area (Å²) in [6, 6.07) is 28.5. The van der Waals surface area contributed by atoms with Crippen LogP contribution in [0, 0.1) is 5.92 Å². The molecule has 4 aromatic carbocycles. The van der Waals surface area contributed by atoms with Gasteiger partial charge in [0.25, 0.3) is 0 Å². The predicted molar refractivity (Wildman–Crippen MR) is 191 cm³/mol. The molecule has 0 aliphatic heterocycles. The summed E-state index contributed by atoms with van der Waals surface area (Å²) < 4.78 is 16.3. The molecule has 11 nitrogen and oxygen atoms in total. The van der Waals surface area contributed by atoms with E-state index in [4.69, 9.17) is 14.2 Å². The second-order valence-corrected chi connectivity index (χ2v) is 12.2. The number of para-hydroxylation sites is 1. The molecule has 4 rings (SSSR count). The van der Waals surface area contributed by atoms with E-state index in [9.17, 15) is 24.4 Å². The van der Waals surface area contributed by atoms with Crippen molar-refractivity contribution in [2.45, 2.75) is 51.1 Å². The standard InChI is InChI=1S/C38H44BN3O8/c1-25(2)36(38(45)41-34(39(46)47)23-27-15-19-30(49-4)20-16-27)42-37(44)33(22-26-13-17-29(48-3)18-14-26)40-35(43)24-28-9-8-12-32(21-28)50-31-10-6-5-7-11-31/h5-21,25,33-34,36,46-47H,22-24H2,1-4H3,(H,40,43)(H,41,45)(H,42,44)/t33-,34+,36-/m0/s1. The van der Waals surface area contributed by atoms with Crippen molar-refractivity contribution in [1.82, 2.24) is 16.0 Å². The van der Waals surface area contributed by atoms with Crippen molar-refractivity contribution in [2.24, 2.45) is 5.92 Å².